The normalized spacial score (nSPS) is 22.2. The number of ether oxygens (including phenoxy) is 2. The molecule has 2 unspecified atom stereocenters. The molecule has 1 aromatic carbocycles. The minimum Gasteiger partial charge on any atom is -0.497 e. The van der Waals surface area contributed by atoms with Gasteiger partial charge in [0.1, 0.15) is 5.75 Å². The molecule has 0 heterocycles. The summed E-state index contributed by atoms with van der Waals surface area (Å²) in [4.78, 5) is 11.7. The monoisotopic (exact) mass is 262 g/mol. The summed E-state index contributed by atoms with van der Waals surface area (Å²) in [5.74, 6) is 1.69. The molecule has 0 aliphatic heterocycles. The molecule has 1 aromatic rings. The number of methoxy groups -OCH3 is 1. The fraction of sp³-hybridized carbons (Fsp3) is 0.562. The van der Waals surface area contributed by atoms with Crippen LogP contribution in [0.25, 0.3) is 0 Å². The largest absolute Gasteiger partial charge is 0.497 e. The summed E-state index contributed by atoms with van der Waals surface area (Å²) in [6.07, 6.45) is 3.99. The van der Waals surface area contributed by atoms with Gasteiger partial charge in [0.2, 0.25) is 0 Å². The van der Waals surface area contributed by atoms with E-state index in [0.29, 0.717) is 24.9 Å². The van der Waals surface area contributed by atoms with Gasteiger partial charge in [-0.3, -0.25) is 4.79 Å². The molecular weight excluding hydrogens is 240 g/mol. The molecule has 1 aliphatic rings. The minimum atomic E-state index is -0.0673. The Balaban J connectivity index is 2.07. The van der Waals surface area contributed by atoms with E-state index in [4.69, 9.17) is 9.47 Å². The smallest absolute Gasteiger partial charge is 0.306 e. The van der Waals surface area contributed by atoms with Gasteiger partial charge in [0.15, 0.2) is 0 Å². The van der Waals surface area contributed by atoms with Gasteiger partial charge in [0, 0.05) is 6.42 Å². The van der Waals surface area contributed by atoms with Crippen molar-refractivity contribution in [2.45, 2.75) is 38.5 Å². The lowest BCUT2D eigenvalue weighted by Gasteiger charge is -2.19. The summed E-state index contributed by atoms with van der Waals surface area (Å²) in [6, 6.07) is 8.21. The number of carbonyl (C=O) groups is 1. The van der Waals surface area contributed by atoms with Crippen molar-refractivity contribution in [3.8, 4) is 5.75 Å². The van der Waals surface area contributed by atoms with E-state index in [9.17, 15) is 4.79 Å². The van der Waals surface area contributed by atoms with Crippen molar-refractivity contribution in [1.29, 1.82) is 0 Å². The highest BCUT2D eigenvalue weighted by Gasteiger charge is 2.30. The first kappa shape index (κ1) is 13.9. The predicted molar refractivity (Wildman–Crippen MR) is 74.3 cm³/mol. The molecule has 1 aliphatic carbocycles. The summed E-state index contributed by atoms with van der Waals surface area (Å²) in [5, 5.41) is 0. The zero-order valence-electron chi connectivity index (χ0n) is 11.7. The Morgan fingerprint density at radius 3 is 2.95 bits per heavy atom. The summed E-state index contributed by atoms with van der Waals surface area (Å²) in [7, 11) is 1.68. The Morgan fingerprint density at radius 1 is 1.37 bits per heavy atom. The number of carbonyl (C=O) groups excluding carboxylic acids is 1. The molecule has 0 spiro atoms. The van der Waals surface area contributed by atoms with Crippen LogP contribution in [-0.4, -0.2) is 19.7 Å². The van der Waals surface area contributed by atoms with Gasteiger partial charge in [0.05, 0.1) is 13.7 Å². The van der Waals surface area contributed by atoms with E-state index in [1.165, 1.54) is 12.0 Å². The zero-order valence-corrected chi connectivity index (χ0v) is 11.7. The van der Waals surface area contributed by atoms with Gasteiger partial charge in [-0.2, -0.15) is 0 Å². The van der Waals surface area contributed by atoms with Crippen LogP contribution in [0.5, 0.6) is 5.75 Å². The lowest BCUT2D eigenvalue weighted by atomic mass is 9.87. The standard InChI is InChI=1S/C16H22O3/c1-3-19-16(17)11-13-7-5-9-15(13)12-6-4-8-14(10-12)18-2/h4,6,8,10,13,15H,3,5,7,9,11H2,1-2H3. The van der Waals surface area contributed by atoms with E-state index in [1.807, 2.05) is 19.1 Å². The average Bonchev–Trinajstić information content (AvgIpc) is 2.87. The molecule has 2 atom stereocenters. The van der Waals surface area contributed by atoms with Gasteiger partial charge in [-0.15, -0.1) is 0 Å². The molecule has 0 aromatic heterocycles. The Bertz CT molecular complexity index is 428. The maximum atomic E-state index is 11.7. The van der Waals surface area contributed by atoms with Crippen LogP contribution in [0.1, 0.15) is 44.1 Å². The topological polar surface area (TPSA) is 35.5 Å². The van der Waals surface area contributed by atoms with Crippen LogP contribution in [0.15, 0.2) is 24.3 Å². The molecule has 1 fully saturated rings. The molecule has 3 heteroatoms. The fourth-order valence-corrected chi connectivity index (χ4v) is 3.03. The predicted octanol–water partition coefficient (Wildman–Crippen LogP) is 3.53. The Labute approximate surface area is 114 Å². The zero-order chi connectivity index (χ0) is 13.7. The molecular formula is C16H22O3. The molecule has 1 saturated carbocycles. The van der Waals surface area contributed by atoms with Crippen molar-refractivity contribution in [3.63, 3.8) is 0 Å². The third-order valence-electron chi connectivity index (χ3n) is 3.92. The van der Waals surface area contributed by atoms with Crippen LogP contribution in [0, 0.1) is 5.92 Å². The third kappa shape index (κ3) is 3.49. The Hall–Kier alpha value is -1.51. The van der Waals surface area contributed by atoms with E-state index < -0.39 is 0 Å². The quantitative estimate of drug-likeness (QED) is 0.761. The summed E-state index contributed by atoms with van der Waals surface area (Å²) >= 11 is 0. The van der Waals surface area contributed by atoms with E-state index in [0.717, 1.165) is 18.6 Å². The lowest BCUT2D eigenvalue weighted by molar-refractivity contribution is -0.144. The first-order chi connectivity index (χ1) is 9.24. The average molecular weight is 262 g/mol. The third-order valence-corrected chi connectivity index (χ3v) is 3.92. The van der Waals surface area contributed by atoms with E-state index in [-0.39, 0.29) is 5.97 Å². The van der Waals surface area contributed by atoms with Gasteiger partial charge < -0.3 is 9.47 Å². The van der Waals surface area contributed by atoms with Crippen molar-refractivity contribution in [2.24, 2.45) is 5.92 Å². The van der Waals surface area contributed by atoms with Crippen LogP contribution in [0.4, 0.5) is 0 Å². The number of hydrogen-bond acceptors (Lipinski definition) is 3. The number of benzene rings is 1. The first-order valence-corrected chi connectivity index (χ1v) is 7.04. The van der Waals surface area contributed by atoms with E-state index in [1.54, 1.807) is 7.11 Å². The first-order valence-electron chi connectivity index (χ1n) is 7.04. The minimum absolute atomic E-state index is 0.0673. The second-order valence-electron chi connectivity index (χ2n) is 5.08. The van der Waals surface area contributed by atoms with E-state index in [2.05, 4.69) is 12.1 Å². The molecule has 0 N–H and O–H groups in total. The van der Waals surface area contributed by atoms with Crippen LogP contribution in [0.3, 0.4) is 0 Å². The molecule has 2 rings (SSSR count). The van der Waals surface area contributed by atoms with Gasteiger partial charge in [-0.25, -0.2) is 0 Å². The fourth-order valence-electron chi connectivity index (χ4n) is 3.03. The lowest BCUT2D eigenvalue weighted by Crippen LogP contribution is -2.14. The number of hydrogen-bond donors (Lipinski definition) is 0. The van der Waals surface area contributed by atoms with Crippen LogP contribution in [0.2, 0.25) is 0 Å². The molecule has 3 nitrogen and oxygen atoms in total. The second-order valence-corrected chi connectivity index (χ2v) is 5.08. The summed E-state index contributed by atoms with van der Waals surface area (Å²) < 4.78 is 10.3. The number of esters is 1. The molecule has 19 heavy (non-hydrogen) atoms. The Morgan fingerprint density at radius 2 is 2.21 bits per heavy atom. The Kier molecular flexibility index (Phi) is 4.83. The molecule has 0 bridgehead atoms. The molecule has 0 radical (unpaired) electrons. The SMILES string of the molecule is CCOC(=O)CC1CCCC1c1cccc(OC)c1. The highest BCUT2D eigenvalue weighted by molar-refractivity contribution is 5.69. The van der Waals surface area contributed by atoms with Crippen molar-refractivity contribution >= 4 is 5.97 Å². The molecule has 0 saturated heterocycles. The van der Waals surface area contributed by atoms with Crippen molar-refractivity contribution in [2.75, 3.05) is 13.7 Å². The van der Waals surface area contributed by atoms with Gasteiger partial charge in [-0.05, 0) is 49.3 Å². The number of rotatable bonds is 5. The summed E-state index contributed by atoms with van der Waals surface area (Å²) in [5.41, 5.74) is 1.28. The maximum Gasteiger partial charge on any atom is 0.306 e. The van der Waals surface area contributed by atoms with Crippen molar-refractivity contribution in [1.82, 2.24) is 0 Å². The van der Waals surface area contributed by atoms with Crippen LogP contribution in [-0.2, 0) is 9.53 Å². The maximum absolute atomic E-state index is 11.7. The molecule has 0 amide bonds. The highest BCUT2D eigenvalue weighted by Crippen LogP contribution is 2.42. The van der Waals surface area contributed by atoms with Crippen molar-refractivity contribution < 1.29 is 14.3 Å². The van der Waals surface area contributed by atoms with Crippen LogP contribution >= 0.6 is 0 Å². The van der Waals surface area contributed by atoms with Gasteiger partial charge in [0.25, 0.3) is 0 Å². The van der Waals surface area contributed by atoms with Gasteiger partial charge in [-0.1, -0.05) is 18.6 Å². The van der Waals surface area contributed by atoms with E-state index >= 15 is 0 Å². The van der Waals surface area contributed by atoms with Crippen LogP contribution < -0.4 is 4.74 Å². The van der Waals surface area contributed by atoms with Gasteiger partial charge >= 0.3 is 5.97 Å². The second kappa shape index (κ2) is 6.60. The summed E-state index contributed by atoms with van der Waals surface area (Å²) in [6.45, 7) is 2.32. The van der Waals surface area contributed by atoms with Crippen molar-refractivity contribution in [3.05, 3.63) is 29.8 Å². The highest BCUT2D eigenvalue weighted by atomic mass is 16.5. The molecule has 104 valence electrons.